The van der Waals surface area contributed by atoms with Crippen LogP contribution in [0.3, 0.4) is 0 Å². The maximum atomic E-state index is 10.1. The van der Waals surface area contributed by atoms with Gasteiger partial charge >= 0.3 is 6.03 Å². The first kappa shape index (κ1) is 8.97. The van der Waals surface area contributed by atoms with Crippen LogP contribution < -0.4 is 11.2 Å². The molecule has 2 amide bonds. The van der Waals surface area contributed by atoms with Crippen molar-refractivity contribution in [1.82, 2.24) is 5.43 Å². The molecule has 56 valence electrons. The van der Waals surface area contributed by atoms with Crippen molar-refractivity contribution in [1.29, 1.82) is 0 Å². The van der Waals surface area contributed by atoms with Crippen molar-refractivity contribution in [2.24, 2.45) is 10.8 Å². The number of halogens is 1. The second kappa shape index (κ2) is 3.90. The summed E-state index contributed by atoms with van der Waals surface area (Å²) in [5.74, 6) is 0. The van der Waals surface area contributed by atoms with E-state index in [2.05, 4.69) is 11.7 Å². The van der Waals surface area contributed by atoms with Crippen LogP contribution in [0.2, 0.25) is 0 Å². The van der Waals surface area contributed by atoms with Gasteiger partial charge in [-0.2, -0.15) is 5.10 Å². The molecule has 0 bridgehead atoms. The molecule has 0 fully saturated rings. The molecular weight excluding hydrogens is 154 g/mol. The Balaban J connectivity index is 3.92. The van der Waals surface area contributed by atoms with Crippen molar-refractivity contribution in [3.05, 3.63) is 11.6 Å². The molecular formula is C5H8ClN3O. The van der Waals surface area contributed by atoms with Gasteiger partial charge in [-0.05, 0) is 6.92 Å². The Morgan fingerprint density at radius 3 is 2.60 bits per heavy atom. The molecule has 4 nitrogen and oxygen atoms in total. The van der Waals surface area contributed by atoms with Crippen molar-refractivity contribution < 1.29 is 4.79 Å². The number of hydrogen-bond acceptors (Lipinski definition) is 2. The van der Waals surface area contributed by atoms with Crippen molar-refractivity contribution in [3.8, 4) is 0 Å². The van der Waals surface area contributed by atoms with E-state index in [9.17, 15) is 4.79 Å². The lowest BCUT2D eigenvalue weighted by Gasteiger charge is -1.94. The number of nitrogens with two attached hydrogens (primary N) is 1. The molecule has 0 aliphatic carbocycles. The van der Waals surface area contributed by atoms with Gasteiger partial charge < -0.3 is 5.73 Å². The first-order chi connectivity index (χ1) is 4.54. The summed E-state index contributed by atoms with van der Waals surface area (Å²) in [6.07, 6.45) is 0. The summed E-state index contributed by atoms with van der Waals surface area (Å²) >= 11 is 5.39. The highest BCUT2D eigenvalue weighted by atomic mass is 35.5. The molecule has 0 saturated heterocycles. The molecule has 0 aromatic rings. The van der Waals surface area contributed by atoms with E-state index in [0.717, 1.165) is 0 Å². The fraction of sp³-hybridized carbons (Fsp3) is 0.200. The lowest BCUT2D eigenvalue weighted by molar-refractivity contribution is 0.249. The largest absolute Gasteiger partial charge is 0.350 e. The fourth-order valence-electron chi connectivity index (χ4n) is 0.200. The van der Waals surface area contributed by atoms with E-state index in [4.69, 9.17) is 17.3 Å². The number of primary amides is 1. The molecule has 0 rings (SSSR count). The van der Waals surface area contributed by atoms with E-state index < -0.39 is 6.03 Å². The summed E-state index contributed by atoms with van der Waals surface area (Å²) in [6.45, 7) is 4.98. The summed E-state index contributed by atoms with van der Waals surface area (Å²) in [5.41, 5.74) is 7.15. The molecule has 0 atom stereocenters. The fourth-order valence-corrected chi connectivity index (χ4v) is 0.242. The second-order valence-electron chi connectivity index (χ2n) is 1.58. The minimum absolute atomic E-state index is 0.272. The summed E-state index contributed by atoms with van der Waals surface area (Å²) in [5, 5.41) is 3.76. The molecule has 10 heavy (non-hydrogen) atoms. The molecule has 0 heterocycles. The lowest BCUT2D eigenvalue weighted by Crippen LogP contribution is -2.25. The molecule has 0 aromatic heterocycles. The molecule has 0 saturated carbocycles. The van der Waals surface area contributed by atoms with E-state index in [0.29, 0.717) is 5.71 Å². The molecule has 3 N–H and O–H groups in total. The molecule has 5 heteroatoms. The van der Waals surface area contributed by atoms with Gasteiger partial charge in [-0.25, -0.2) is 10.2 Å². The van der Waals surface area contributed by atoms with E-state index in [1.807, 2.05) is 5.43 Å². The second-order valence-corrected chi connectivity index (χ2v) is 2.03. The Hall–Kier alpha value is -1.03. The number of rotatable bonds is 2. The predicted molar refractivity (Wildman–Crippen MR) is 40.8 cm³/mol. The van der Waals surface area contributed by atoms with Crippen LogP contribution in [0.25, 0.3) is 0 Å². The standard InChI is InChI=1S/C5H8ClN3O/c1-3(6)4(2)8-9-5(7)10/h1H2,2H3,(H3,7,9,10)/b8-4+. The van der Waals surface area contributed by atoms with E-state index in [-0.39, 0.29) is 5.03 Å². The van der Waals surface area contributed by atoms with E-state index in [1.54, 1.807) is 6.92 Å². The SMILES string of the molecule is C=C(Cl)/C(C)=N/NC(N)=O. The monoisotopic (exact) mass is 161 g/mol. The quantitative estimate of drug-likeness (QED) is 0.456. The average molecular weight is 162 g/mol. The Morgan fingerprint density at radius 1 is 1.80 bits per heavy atom. The van der Waals surface area contributed by atoms with E-state index >= 15 is 0 Å². The number of hydrogen-bond donors (Lipinski definition) is 2. The van der Waals surface area contributed by atoms with Gasteiger partial charge in [0.2, 0.25) is 0 Å². The summed E-state index contributed by atoms with van der Waals surface area (Å²) in [7, 11) is 0. The first-order valence-corrected chi connectivity index (χ1v) is 2.86. The maximum absolute atomic E-state index is 10.1. The van der Waals surface area contributed by atoms with Gasteiger partial charge in [0.05, 0.1) is 10.7 Å². The van der Waals surface area contributed by atoms with Crippen LogP contribution in [-0.4, -0.2) is 11.7 Å². The third kappa shape index (κ3) is 3.91. The Bertz CT molecular complexity index is 187. The normalized spacial score (nSPS) is 10.8. The Labute approximate surface area is 63.7 Å². The van der Waals surface area contributed by atoms with Crippen molar-refractivity contribution >= 4 is 23.3 Å². The molecule has 0 aliphatic heterocycles. The summed E-state index contributed by atoms with van der Waals surface area (Å²) in [4.78, 5) is 10.1. The van der Waals surface area contributed by atoms with Gasteiger partial charge in [-0.3, -0.25) is 0 Å². The highest BCUT2D eigenvalue weighted by Gasteiger charge is 1.93. The van der Waals surface area contributed by atoms with Crippen molar-refractivity contribution in [2.75, 3.05) is 0 Å². The molecule has 0 unspecified atom stereocenters. The number of hydrazone groups is 1. The molecule has 0 radical (unpaired) electrons. The van der Waals surface area contributed by atoms with Crippen LogP contribution in [0, 0.1) is 0 Å². The van der Waals surface area contributed by atoms with Crippen molar-refractivity contribution in [2.45, 2.75) is 6.92 Å². The van der Waals surface area contributed by atoms with Crippen LogP contribution in [0.4, 0.5) is 4.79 Å². The summed E-state index contributed by atoms with van der Waals surface area (Å²) < 4.78 is 0. The van der Waals surface area contributed by atoms with Crippen LogP contribution in [0.1, 0.15) is 6.92 Å². The van der Waals surface area contributed by atoms with Gasteiger partial charge in [-0.15, -0.1) is 0 Å². The smallest absolute Gasteiger partial charge is 0.332 e. The zero-order chi connectivity index (χ0) is 8.15. The average Bonchev–Trinajstić information content (AvgIpc) is 1.82. The molecule has 0 aliphatic rings. The number of allylic oxidation sites excluding steroid dienone is 1. The molecule has 0 aromatic carbocycles. The van der Waals surface area contributed by atoms with Crippen LogP contribution in [0.5, 0.6) is 0 Å². The van der Waals surface area contributed by atoms with Gasteiger partial charge in [0.25, 0.3) is 0 Å². The highest BCUT2D eigenvalue weighted by Crippen LogP contribution is 1.97. The predicted octanol–water partition coefficient (Wildman–Crippen LogP) is 0.783. The van der Waals surface area contributed by atoms with Crippen LogP contribution in [0.15, 0.2) is 16.7 Å². The summed E-state index contributed by atoms with van der Waals surface area (Å²) in [6, 6.07) is -0.725. The minimum atomic E-state index is -0.725. The number of urea groups is 1. The van der Waals surface area contributed by atoms with Crippen LogP contribution in [-0.2, 0) is 0 Å². The number of nitrogens with zero attached hydrogens (tertiary/aromatic N) is 1. The van der Waals surface area contributed by atoms with Crippen molar-refractivity contribution in [3.63, 3.8) is 0 Å². The Morgan fingerprint density at radius 2 is 2.30 bits per heavy atom. The minimum Gasteiger partial charge on any atom is -0.350 e. The number of carbonyl (C=O) groups excluding carboxylic acids is 1. The third-order valence-electron chi connectivity index (χ3n) is 0.726. The van der Waals surface area contributed by atoms with Crippen LogP contribution >= 0.6 is 11.6 Å². The highest BCUT2D eigenvalue weighted by molar-refractivity contribution is 6.42. The first-order valence-electron chi connectivity index (χ1n) is 2.48. The van der Waals surface area contributed by atoms with Gasteiger partial charge in [0.1, 0.15) is 0 Å². The van der Waals surface area contributed by atoms with Gasteiger partial charge in [0, 0.05) is 0 Å². The number of amides is 2. The zero-order valence-corrected chi connectivity index (χ0v) is 6.27. The zero-order valence-electron chi connectivity index (χ0n) is 5.52. The number of nitrogens with one attached hydrogen (secondary N) is 1. The van der Waals surface area contributed by atoms with E-state index in [1.165, 1.54) is 0 Å². The van der Waals surface area contributed by atoms with Gasteiger partial charge in [0.15, 0.2) is 0 Å². The third-order valence-corrected chi connectivity index (χ3v) is 1.000. The maximum Gasteiger partial charge on any atom is 0.332 e. The lowest BCUT2D eigenvalue weighted by atomic mass is 10.4. The number of carbonyl (C=O) groups is 1. The van der Waals surface area contributed by atoms with Gasteiger partial charge in [-0.1, -0.05) is 18.2 Å². The molecule has 0 spiro atoms. The Kier molecular flexibility index (Phi) is 3.49. The topological polar surface area (TPSA) is 67.5 Å².